The van der Waals surface area contributed by atoms with Gasteiger partial charge in [-0.3, -0.25) is 4.79 Å². The van der Waals surface area contributed by atoms with Crippen molar-refractivity contribution >= 4 is 23.3 Å². The van der Waals surface area contributed by atoms with Crippen LogP contribution in [-0.2, 0) is 4.79 Å². The summed E-state index contributed by atoms with van der Waals surface area (Å²) in [6, 6.07) is 0. The molecular formula is C8H9NOS. The normalized spacial score (nSPS) is 39.1. The summed E-state index contributed by atoms with van der Waals surface area (Å²) < 4.78 is 0. The standard InChI is InChI=1S/C8H9NOS/c10-8(9-4-11)7-5-2-1-3-6(5)7/h5-7H,1-3H2. The summed E-state index contributed by atoms with van der Waals surface area (Å²) in [6.45, 7) is 0. The van der Waals surface area contributed by atoms with Gasteiger partial charge in [-0.2, -0.15) is 4.99 Å². The molecule has 3 heteroatoms. The summed E-state index contributed by atoms with van der Waals surface area (Å²) in [4.78, 5) is 14.6. The van der Waals surface area contributed by atoms with Crippen molar-refractivity contribution in [2.24, 2.45) is 22.7 Å². The number of nitrogens with zero attached hydrogens (tertiary/aromatic N) is 1. The largest absolute Gasteiger partial charge is 0.272 e. The molecule has 0 radical (unpaired) electrons. The van der Waals surface area contributed by atoms with Gasteiger partial charge in [0, 0.05) is 5.92 Å². The lowest BCUT2D eigenvalue weighted by molar-refractivity contribution is -0.119. The Balaban J connectivity index is 2.00. The zero-order valence-corrected chi connectivity index (χ0v) is 6.93. The highest BCUT2D eigenvalue weighted by Gasteiger charge is 2.56. The van der Waals surface area contributed by atoms with Crippen LogP contribution < -0.4 is 0 Å². The van der Waals surface area contributed by atoms with Gasteiger partial charge in [0.1, 0.15) is 0 Å². The molecule has 0 aromatic heterocycles. The molecule has 0 heterocycles. The van der Waals surface area contributed by atoms with Gasteiger partial charge in [-0.15, -0.1) is 0 Å². The number of hydrogen-bond acceptors (Lipinski definition) is 2. The third kappa shape index (κ3) is 1.05. The molecule has 0 aromatic rings. The number of carbonyl (C=O) groups is 1. The van der Waals surface area contributed by atoms with E-state index < -0.39 is 0 Å². The topological polar surface area (TPSA) is 29.4 Å². The molecule has 2 aliphatic rings. The Morgan fingerprint density at radius 3 is 2.64 bits per heavy atom. The maximum absolute atomic E-state index is 11.1. The highest BCUT2D eigenvalue weighted by molar-refractivity contribution is 7.78. The van der Waals surface area contributed by atoms with Crippen molar-refractivity contribution in [2.45, 2.75) is 19.3 Å². The van der Waals surface area contributed by atoms with Gasteiger partial charge in [-0.25, -0.2) is 0 Å². The lowest BCUT2D eigenvalue weighted by Crippen LogP contribution is -2.00. The minimum absolute atomic E-state index is 0.0327. The molecule has 2 atom stereocenters. The van der Waals surface area contributed by atoms with E-state index in [1.165, 1.54) is 19.3 Å². The summed E-state index contributed by atoms with van der Waals surface area (Å²) in [5, 5.41) is 2.14. The fourth-order valence-corrected chi connectivity index (χ4v) is 2.40. The summed E-state index contributed by atoms with van der Waals surface area (Å²) >= 11 is 4.37. The van der Waals surface area contributed by atoms with E-state index in [9.17, 15) is 4.79 Å². The van der Waals surface area contributed by atoms with Crippen LogP contribution in [0.4, 0.5) is 0 Å². The van der Waals surface area contributed by atoms with E-state index in [4.69, 9.17) is 0 Å². The van der Waals surface area contributed by atoms with Crippen molar-refractivity contribution < 1.29 is 4.79 Å². The van der Waals surface area contributed by atoms with Crippen LogP contribution in [-0.4, -0.2) is 11.1 Å². The third-order valence-electron chi connectivity index (χ3n) is 2.85. The number of amides is 1. The smallest absolute Gasteiger partial charge is 0.258 e. The fourth-order valence-electron chi connectivity index (χ4n) is 2.31. The molecule has 0 aliphatic heterocycles. The molecular weight excluding hydrogens is 158 g/mol. The van der Waals surface area contributed by atoms with Crippen LogP contribution in [0.15, 0.2) is 4.99 Å². The minimum atomic E-state index is -0.0327. The second kappa shape index (κ2) is 2.50. The van der Waals surface area contributed by atoms with E-state index in [-0.39, 0.29) is 11.8 Å². The van der Waals surface area contributed by atoms with Gasteiger partial charge in [0.05, 0.1) is 5.16 Å². The molecule has 2 nitrogen and oxygen atoms in total. The average molecular weight is 167 g/mol. The molecule has 0 N–H and O–H groups in total. The molecule has 2 aliphatic carbocycles. The summed E-state index contributed by atoms with van der Waals surface area (Å²) in [6.07, 6.45) is 3.72. The molecule has 0 spiro atoms. The van der Waals surface area contributed by atoms with Gasteiger partial charge in [0.15, 0.2) is 0 Å². The van der Waals surface area contributed by atoms with Crippen LogP contribution in [0.25, 0.3) is 0 Å². The first-order valence-electron chi connectivity index (χ1n) is 3.96. The van der Waals surface area contributed by atoms with Crippen LogP contribution in [0.1, 0.15) is 19.3 Å². The van der Waals surface area contributed by atoms with Crippen LogP contribution in [0.5, 0.6) is 0 Å². The van der Waals surface area contributed by atoms with Gasteiger partial charge in [-0.05, 0) is 36.9 Å². The van der Waals surface area contributed by atoms with Gasteiger partial charge in [0.25, 0.3) is 5.91 Å². The molecule has 58 valence electrons. The van der Waals surface area contributed by atoms with Crippen LogP contribution in [0, 0.1) is 17.8 Å². The molecule has 11 heavy (non-hydrogen) atoms. The lowest BCUT2D eigenvalue weighted by atomic mass is 10.1. The highest BCUT2D eigenvalue weighted by Crippen LogP contribution is 2.57. The van der Waals surface area contributed by atoms with Crippen molar-refractivity contribution in [3.63, 3.8) is 0 Å². The van der Waals surface area contributed by atoms with Crippen molar-refractivity contribution in [3.8, 4) is 0 Å². The Bertz CT molecular complexity index is 234. The predicted molar refractivity (Wildman–Crippen MR) is 44.4 cm³/mol. The number of isothiocyanates is 1. The van der Waals surface area contributed by atoms with Gasteiger partial charge < -0.3 is 0 Å². The molecule has 2 fully saturated rings. The molecule has 2 rings (SSSR count). The minimum Gasteiger partial charge on any atom is -0.272 e. The average Bonchev–Trinajstić information content (AvgIpc) is 2.47. The van der Waals surface area contributed by atoms with Crippen LogP contribution in [0.3, 0.4) is 0 Å². The van der Waals surface area contributed by atoms with Crippen molar-refractivity contribution in [1.29, 1.82) is 0 Å². The van der Waals surface area contributed by atoms with E-state index in [0.29, 0.717) is 11.8 Å². The highest BCUT2D eigenvalue weighted by atomic mass is 32.1. The summed E-state index contributed by atoms with van der Waals surface area (Å²) in [5.74, 6) is 1.48. The molecule has 0 bridgehead atoms. The molecule has 0 saturated heterocycles. The van der Waals surface area contributed by atoms with Crippen molar-refractivity contribution in [2.75, 3.05) is 0 Å². The van der Waals surface area contributed by atoms with Crippen LogP contribution in [0.2, 0.25) is 0 Å². The Morgan fingerprint density at radius 1 is 1.45 bits per heavy atom. The molecule has 1 amide bonds. The zero-order chi connectivity index (χ0) is 7.84. The van der Waals surface area contributed by atoms with E-state index >= 15 is 0 Å². The second-order valence-electron chi connectivity index (χ2n) is 3.33. The Hall–Kier alpha value is -0.530. The number of aliphatic imine (C=N–C) groups is 1. The molecule has 0 aromatic carbocycles. The van der Waals surface area contributed by atoms with E-state index in [2.05, 4.69) is 22.4 Å². The van der Waals surface area contributed by atoms with Gasteiger partial charge >= 0.3 is 0 Å². The molecule has 2 saturated carbocycles. The summed E-state index contributed by atoms with van der Waals surface area (Å²) in [5.41, 5.74) is 0. The Kier molecular flexibility index (Phi) is 1.63. The lowest BCUT2D eigenvalue weighted by Gasteiger charge is -1.94. The number of rotatable bonds is 1. The SMILES string of the molecule is O=C(N=C=S)C1C2CCCC21. The first-order valence-corrected chi connectivity index (χ1v) is 4.37. The maximum atomic E-state index is 11.1. The first kappa shape index (κ1) is 7.14. The van der Waals surface area contributed by atoms with E-state index in [1.807, 2.05) is 0 Å². The van der Waals surface area contributed by atoms with E-state index in [1.54, 1.807) is 0 Å². The number of hydrogen-bond donors (Lipinski definition) is 0. The number of fused-ring (bicyclic) bond motifs is 1. The number of thiocarbonyl (C=S) groups is 1. The van der Waals surface area contributed by atoms with Gasteiger partial charge in [-0.1, -0.05) is 6.42 Å². The van der Waals surface area contributed by atoms with Crippen LogP contribution >= 0.6 is 12.2 Å². The van der Waals surface area contributed by atoms with Crippen molar-refractivity contribution in [3.05, 3.63) is 0 Å². The monoisotopic (exact) mass is 167 g/mol. The Labute approximate surface area is 70.7 Å². The Morgan fingerprint density at radius 2 is 2.09 bits per heavy atom. The maximum Gasteiger partial charge on any atom is 0.258 e. The van der Waals surface area contributed by atoms with E-state index in [0.717, 1.165) is 0 Å². The third-order valence-corrected chi connectivity index (χ3v) is 2.94. The number of carbonyl (C=O) groups excluding carboxylic acids is 1. The first-order chi connectivity index (χ1) is 5.34. The zero-order valence-electron chi connectivity index (χ0n) is 6.12. The molecule has 2 unspecified atom stereocenters. The summed E-state index contributed by atoms with van der Waals surface area (Å²) in [7, 11) is 0. The second-order valence-corrected chi connectivity index (χ2v) is 3.51. The predicted octanol–water partition coefficient (Wildman–Crippen LogP) is 1.66. The van der Waals surface area contributed by atoms with Gasteiger partial charge in [0.2, 0.25) is 0 Å². The quantitative estimate of drug-likeness (QED) is 0.439. The fraction of sp³-hybridized carbons (Fsp3) is 0.750. The van der Waals surface area contributed by atoms with Crippen molar-refractivity contribution in [1.82, 2.24) is 0 Å².